The first-order valence-corrected chi connectivity index (χ1v) is 22.4. The normalized spacial score (nSPS) is 12.8. The molecule has 0 fully saturated rings. The van der Waals surface area contributed by atoms with E-state index < -0.39 is 30.1 Å². The Labute approximate surface area is 344 Å². The summed E-state index contributed by atoms with van der Waals surface area (Å²) >= 11 is 1.37. The molecule has 2 atom stereocenters. The zero-order valence-electron chi connectivity index (χ0n) is 34.6. The smallest absolute Gasteiger partial charge is 0.407 e. The molecule has 1 unspecified atom stereocenters. The number of nitrogens with one attached hydrogen (secondary N) is 3. The van der Waals surface area contributed by atoms with Crippen molar-refractivity contribution in [1.82, 2.24) is 16.0 Å². The molecule has 0 radical (unpaired) electrons. The van der Waals surface area contributed by atoms with Crippen molar-refractivity contribution in [3.8, 4) is 11.1 Å². The van der Waals surface area contributed by atoms with Crippen molar-refractivity contribution in [2.45, 2.75) is 141 Å². The summed E-state index contributed by atoms with van der Waals surface area (Å²) in [5.41, 5.74) is 4.59. The van der Waals surface area contributed by atoms with Crippen molar-refractivity contribution in [2.24, 2.45) is 0 Å². The fraction of sp³-hybridized carbons (Fsp3) is 0.622. The number of esters is 2. The summed E-state index contributed by atoms with van der Waals surface area (Å²) in [6.07, 6.45) is 17.4. The Morgan fingerprint density at radius 2 is 1.28 bits per heavy atom. The Hall–Kier alpha value is -4.06. The largest absolute Gasteiger partial charge is 0.467 e. The van der Waals surface area contributed by atoms with Crippen LogP contribution >= 0.6 is 11.8 Å². The molecule has 1 aliphatic carbocycles. The summed E-state index contributed by atoms with van der Waals surface area (Å²) in [5.74, 6) is -1.04. The lowest BCUT2D eigenvalue weighted by atomic mass is 9.98. The van der Waals surface area contributed by atoms with E-state index in [0.717, 1.165) is 41.5 Å². The average Bonchev–Trinajstić information content (AvgIpc) is 3.53. The fourth-order valence-corrected chi connectivity index (χ4v) is 8.02. The number of carbonyl (C=O) groups excluding carboxylic acids is 5. The fourth-order valence-electron chi connectivity index (χ4n) is 7.18. The second-order valence-electron chi connectivity index (χ2n) is 14.9. The van der Waals surface area contributed by atoms with Crippen LogP contribution in [0.5, 0.6) is 0 Å². The molecular weight excluding hydrogens is 743 g/mol. The SMILES string of the molecule is CCCCCCCCCCCCCCCC(=O)OCCSC[C@H](NC(C)=O)C(=O)NC(CCCCNC(=O)OCC1c2ccccc2-c2ccccc21)C(=O)OC. The molecular formula is C45H67N3O8S. The second-order valence-corrected chi connectivity index (χ2v) is 16.0. The number of unbranched alkanes of at least 4 members (excludes halogenated alkanes) is 13. The van der Waals surface area contributed by atoms with Gasteiger partial charge in [0.2, 0.25) is 11.8 Å². The van der Waals surface area contributed by atoms with Crippen LogP contribution in [0.2, 0.25) is 0 Å². The number of alkyl carbamates (subject to hydrolysis) is 1. The average molecular weight is 810 g/mol. The van der Waals surface area contributed by atoms with E-state index in [1.165, 1.54) is 90.0 Å². The summed E-state index contributed by atoms with van der Waals surface area (Å²) in [4.78, 5) is 62.4. The summed E-state index contributed by atoms with van der Waals surface area (Å²) in [5, 5.41) is 8.14. The monoisotopic (exact) mass is 809 g/mol. The number of thioether (sulfide) groups is 1. The molecule has 0 aromatic heterocycles. The standard InChI is InChI=1S/C45H67N3O8S/c1-4-5-6-7-8-9-10-11-12-13-14-15-16-28-42(50)55-30-31-57-33-41(47-34(2)49)43(51)48-40(44(52)54-3)27-21-22-29-46-45(53)56-32-39-37-25-19-17-23-35(37)36-24-18-20-26-38(36)39/h17-20,23-26,39-41H,4-16,21-22,27-33H2,1-3H3,(H,46,53)(H,47,49)(H,48,51)/t40?,41-/m0/s1. The maximum Gasteiger partial charge on any atom is 0.407 e. The lowest BCUT2D eigenvalue weighted by Crippen LogP contribution is -2.52. The van der Waals surface area contributed by atoms with Gasteiger partial charge >= 0.3 is 18.0 Å². The third kappa shape index (κ3) is 18.4. The first-order valence-electron chi connectivity index (χ1n) is 21.2. The van der Waals surface area contributed by atoms with Crippen LogP contribution in [0.3, 0.4) is 0 Å². The van der Waals surface area contributed by atoms with Gasteiger partial charge in [-0.25, -0.2) is 9.59 Å². The molecule has 2 aromatic rings. The van der Waals surface area contributed by atoms with Crippen LogP contribution in [0.4, 0.5) is 4.79 Å². The highest BCUT2D eigenvalue weighted by Gasteiger charge is 2.29. The van der Waals surface area contributed by atoms with Crippen LogP contribution < -0.4 is 16.0 Å². The molecule has 1 aliphatic rings. The van der Waals surface area contributed by atoms with E-state index in [1.807, 2.05) is 24.3 Å². The van der Waals surface area contributed by atoms with Gasteiger partial charge in [-0.05, 0) is 47.9 Å². The van der Waals surface area contributed by atoms with Gasteiger partial charge in [-0.15, -0.1) is 0 Å². The van der Waals surface area contributed by atoms with E-state index in [0.29, 0.717) is 31.6 Å². The third-order valence-corrected chi connectivity index (χ3v) is 11.3. The van der Waals surface area contributed by atoms with Crippen LogP contribution in [-0.4, -0.2) is 80.3 Å². The van der Waals surface area contributed by atoms with Crippen molar-refractivity contribution < 1.29 is 38.2 Å². The first-order chi connectivity index (χ1) is 27.7. The summed E-state index contributed by atoms with van der Waals surface area (Å²) in [7, 11) is 1.25. The molecule has 0 saturated heterocycles. The lowest BCUT2D eigenvalue weighted by Gasteiger charge is -2.22. The van der Waals surface area contributed by atoms with Crippen molar-refractivity contribution in [3.63, 3.8) is 0 Å². The zero-order valence-corrected chi connectivity index (χ0v) is 35.4. The molecule has 0 aliphatic heterocycles. The van der Waals surface area contributed by atoms with Gasteiger partial charge in [0.15, 0.2) is 0 Å². The Balaban J connectivity index is 1.27. The molecule has 0 heterocycles. The van der Waals surface area contributed by atoms with E-state index in [2.05, 4.69) is 47.1 Å². The van der Waals surface area contributed by atoms with Crippen molar-refractivity contribution in [1.29, 1.82) is 0 Å². The second kappa shape index (κ2) is 28.4. The highest BCUT2D eigenvalue weighted by Crippen LogP contribution is 2.44. The highest BCUT2D eigenvalue weighted by molar-refractivity contribution is 7.99. The predicted molar refractivity (Wildman–Crippen MR) is 227 cm³/mol. The number of hydrogen-bond donors (Lipinski definition) is 3. The topological polar surface area (TPSA) is 149 Å². The van der Waals surface area contributed by atoms with E-state index in [-0.39, 0.29) is 43.2 Å². The van der Waals surface area contributed by atoms with Crippen LogP contribution in [0.15, 0.2) is 48.5 Å². The van der Waals surface area contributed by atoms with Gasteiger partial charge in [-0.3, -0.25) is 14.4 Å². The Kier molecular flexibility index (Phi) is 23.5. The molecule has 3 amide bonds. The maximum absolute atomic E-state index is 13.2. The number of ether oxygens (including phenoxy) is 3. The predicted octanol–water partition coefficient (Wildman–Crippen LogP) is 8.62. The van der Waals surface area contributed by atoms with Crippen molar-refractivity contribution in [2.75, 3.05) is 38.4 Å². The van der Waals surface area contributed by atoms with E-state index in [4.69, 9.17) is 14.2 Å². The molecule has 57 heavy (non-hydrogen) atoms. The van der Waals surface area contributed by atoms with Crippen molar-refractivity contribution >= 4 is 41.6 Å². The molecule has 3 rings (SSSR count). The first kappa shape index (κ1) is 47.3. The Bertz CT molecular complexity index is 1480. The molecule has 11 nitrogen and oxygen atoms in total. The van der Waals surface area contributed by atoms with Gasteiger partial charge in [0.25, 0.3) is 0 Å². The van der Waals surface area contributed by atoms with Crippen LogP contribution in [0.25, 0.3) is 11.1 Å². The van der Waals surface area contributed by atoms with Crippen LogP contribution in [-0.2, 0) is 33.4 Å². The van der Waals surface area contributed by atoms with E-state index >= 15 is 0 Å². The molecule has 2 aromatic carbocycles. The Morgan fingerprint density at radius 1 is 0.702 bits per heavy atom. The van der Waals surface area contributed by atoms with Gasteiger partial charge in [0, 0.05) is 37.3 Å². The Morgan fingerprint density at radius 3 is 1.86 bits per heavy atom. The molecule has 3 N–H and O–H groups in total. The van der Waals surface area contributed by atoms with Gasteiger partial charge in [-0.1, -0.05) is 133 Å². The van der Waals surface area contributed by atoms with Crippen LogP contribution in [0, 0.1) is 0 Å². The number of methoxy groups -OCH3 is 1. The van der Waals surface area contributed by atoms with Gasteiger partial charge in [0.1, 0.15) is 25.3 Å². The molecule has 316 valence electrons. The summed E-state index contributed by atoms with van der Waals surface area (Å²) in [6, 6.07) is 14.5. The van der Waals surface area contributed by atoms with Crippen LogP contribution in [0.1, 0.15) is 140 Å². The highest BCUT2D eigenvalue weighted by atomic mass is 32.2. The number of amides is 3. The number of carbonyl (C=O) groups is 5. The van der Waals surface area contributed by atoms with Crippen molar-refractivity contribution in [3.05, 3.63) is 59.7 Å². The number of benzene rings is 2. The third-order valence-electron chi connectivity index (χ3n) is 10.3. The molecule has 12 heteroatoms. The number of fused-ring (bicyclic) bond motifs is 3. The van der Waals surface area contributed by atoms with Gasteiger partial charge < -0.3 is 30.2 Å². The zero-order chi connectivity index (χ0) is 41.1. The van der Waals surface area contributed by atoms with Gasteiger partial charge in [-0.2, -0.15) is 11.8 Å². The minimum absolute atomic E-state index is 0.0338. The number of rotatable bonds is 30. The summed E-state index contributed by atoms with van der Waals surface area (Å²) < 4.78 is 15.9. The number of hydrogen-bond acceptors (Lipinski definition) is 9. The minimum Gasteiger partial charge on any atom is -0.467 e. The van der Waals surface area contributed by atoms with Gasteiger partial charge in [0.05, 0.1) is 7.11 Å². The minimum atomic E-state index is -0.927. The maximum atomic E-state index is 13.2. The quantitative estimate of drug-likeness (QED) is 0.0401. The van der Waals surface area contributed by atoms with E-state index in [1.54, 1.807) is 0 Å². The molecule has 0 spiro atoms. The summed E-state index contributed by atoms with van der Waals surface area (Å²) in [6.45, 7) is 4.33. The van der Waals surface area contributed by atoms with E-state index in [9.17, 15) is 24.0 Å². The molecule has 0 saturated carbocycles. The molecule has 0 bridgehead atoms. The lowest BCUT2D eigenvalue weighted by molar-refractivity contribution is -0.145.